The fourth-order valence-corrected chi connectivity index (χ4v) is 0.821. The van der Waals surface area contributed by atoms with E-state index in [2.05, 4.69) is 4.99 Å². The van der Waals surface area contributed by atoms with Crippen LogP contribution in [-0.4, -0.2) is 11.9 Å². The Kier molecular flexibility index (Phi) is 2.49. The minimum absolute atomic E-state index is 0.0683. The normalized spacial score (nSPS) is 9.23. The zero-order chi connectivity index (χ0) is 9.84. The van der Waals surface area contributed by atoms with Crippen molar-refractivity contribution in [2.24, 2.45) is 16.5 Å². The minimum Gasteiger partial charge on any atom is -0.545 e. The van der Waals surface area contributed by atoms with Gasteiger partial charge in [0.25, 0.3) is 0 Å². The summed E-state index contributed by atoms with van der Waals surface area (Å²) in [5.41, 5.74) is 10.8. The van der Waals surface area contributed by atoms with Crippen LogP contribution in [0.3, 0.4) is 0 Å². The van der Waals surface area contributed by atoms with Gasteiger partial charge in [-0.2, -0.15) is 0 Å². The topological polar surface area (TPSA) is 105 Å². The number of aromatic carboxylic acids is 1. The Morgan fingerprint density at radius 2 is 1.77 bits per heavy atom. The first kappa shape index (κ1) is 9.05. The van der Waals surface area contributed by atoms with Gasteiger partial charge in [-0.1, -0.05) is 12.1 Å². The van der Waals surface area contributed by atoms with Gasteiger partial charge in [0.15, 0.2) is 5.96 Å². The molecule has 5 nitrogen and oxygen atoms in total. The number of carboxylic acid groups (broad SMARTS) is 1. The lowest BCUT2D eigenvalue weighted by atomic mass is 10.2. The molecule has 0 heterocycles. The SMILES string of the molecule is NC(N)=Nc1ccc(C(=O)[O-])cc1. The molecule has 13 heavy (non-hydrogen) atoms. The van der Waals surface area contributed by atoms with Crippen LogP contribution in [-0.2, 0) is 0 Å². The van der Waals surface area contributed by atoms with Gasteiger partial charge in [0.05, 0.1) is 11.7 Å². The molecule has 0 atom stereocenters. The number of hydrogen-bond acceptors (Lipinski definition) is 3. The number of carbonyl (C=O) groups is 1. The monoisotopic (exact) mass is 178 g/mol. The van der Waals surface area contributed by atoms with Gasteiger partial charge in [-0.05, 0) is 17.7 Å². The number of nitrogens with zero attached hydrogens (tertiary/aromatic N) is 1. The van der Waals surface area contributed by atoms with E-state index in [-0.39, 0.29) is 11.5 Å². The quantitative estimate of drug-likeness (QED) is 0.445. The molecule has 0 aromatic heterocycles. The third-order valence-corrected chi connectivity index (χ3v) is 1.36. The van der Waals surface area contributed by atoms with Crippen molar-refractivity contribution in [1.82, 2.24) is 0 Å². The standard InChI is InChI=1S/C8H9N3O2/c9-8(10)11-6-3-1-5(2-4-6)7(12)13/h1-4H,(H,12,13)(H4,9,10,11)/p-1. The number of hydrogen-bond donors (Lipinski definition) is 2. The van der Waals surface area contributed by atoms with Crippen LogP contribution in [0.25, 0.3) is 0 Å². The average Bonchev–Trinajstić information content (AvgIpc) is 2.04. The molecule has 1 rings (SSSR count). The van der Waals surface area contributed by atoms with E-state index in [1.165, 1.54) is 24.3 Å². The van der Waals surface area contributed by atoms with Gasteiger partial charge < -0.3 is 21.4 Å². The van der Waals surface area contributed by atoms with Crippen molar-refractivity contribution in [2.45, 2.75) is 0 Å². The van der Waals surface area contributed by atoms with E-state index >= 15 is 0 Å². The van der Waals surface area contributed by atoms with Crippen LogP contribution in [0.1, 0.15) is 10.4 Å². The van der Waals surface area contributed by atoms with Gasteiger partial charge >= 0.3 is 0 Å². The summed E-state index contributed by atoms with van der Waals surface area (Å²) in [6, 6.07) is 5.73. The van der Waals surface area contributed by atoms with Crippen LogP contribution >= 0.6 is 0 Å². The van der Waals surface area contributed by atoms with Crippen molar-refractivity contribution < 1.29 is 9.90 Å². The average molecular weight is 178 g/mol. The fourth-order valence-electron chi connectivity index (χ4n) is 0.821. The molecule has 0 fully saturated rings. The second-order valence-corrected chi connectivity index (χ2v) is 2.37. The summed E-state index contributed by atoms with van der Waals surface area (Å²) in [6.07, 6.45) is 0. The first-order valence-electron chi connectivity index (χ1n) is 3.50. The number of aliphatic imine (C=N–C) groups is 1. The maximum absolute atomic E-state index is 10.3. The molecule has 0 aliphatic heterocycles. The van der Waals surface area contributed by atoms with Crippen LogP contribution < -0.4 is 16.6 Å². The molecule has 0 saturated heterocycles. The van der Waals surface area contributed by atoms with E-state index in [4.69, 9.17) is 11.5 Å². The molecule has 0 aliphatic rings. The van der Waals surface area contributed by atoms with Crippen molar-refractivity contribution in [3.63, 3.8) is 0 Å². The van der Waals surface area contributed by atoms with Gasteiger partial charge in [-0.15, -0.1) is 0 Å². The molecule has 4 N–H and O–H groups in total. The fraction of sp³-hybridized carbons (Fsp3) is 0. The van der Waals surface area contributed by atoms with Gasteiger partial charge in [-0.3, -0.25) is 0 Å². The smallest absolute Gasteiger partial charge is 0.191 e. The third kappa shape index (κ3) is 2.48. The van der Waals surface area contributed by atoms with E-state index in [1.54, 1.807) is 0 Å². The highest BCUT2D eigenvalue weighted by atomic mass is 16.4. The summed E-state index contributed by atoms with van der Waals surface area (Å²) in [6.45, 7) is 0. The van der Waals surface area contributed by atoms with E-state index in [1.807, 2.05) is 0 Å². The molecule has 0 aliphatic carbocycles. The highest BCUT2D eigenvalue weighted by molar-refractivity contribution is 5.86. The lowest BCUT2D eigenvalue weighted by Gasteiger charge is -2.01. The summed E-state index contributed by atoms with van der Waals surface area (Å²) in [5.74, 6) is -1.29. The lowest BCUT2D eigenvalue weighted by molar-refractivity contribution is -0.255. The van der Waals surface area contributed by atoms with Crippen molar-refractivity contribution in [3.8, 4) is 0 Å². The zero-order valence-electron chi connectivity index (χ0n) is 6.73. The van der Waals surface area contributed by atoms with Gasteiger partial charge in [0, 0.05) is 0 Å². The van der Waals surface area contributed by atoms with E-state index in [0.29, 0.717) is 5.69 Å². The number of guanidine groups is 1. The van der Waals surface area contributed by atoms with E-state index < -0.39 is 5.97 Å². The summed E-state index contributed by atoms with van der Waals surface area (Å²) in [4.78, 5) is 14.1. The highest BCUT2D eigenvalue weighted by Gasteiger charge is 1.93. The van der Waals surface area contributed by atoms with Crippen molar-refractivity contribution >= 4 is 17.6 Å². The first-order chi connectivity index (χ1) is 6.09. The number of carboxylic acids is 1. The first-order valence-corrected chi connectivity index (χ1v) is 3.50. The van der Waals surface area contributed by atoms with Crippen LogP contribution in [0.15, 0.2) is 29.3 Å². The van der Waals surface area contributed by atoms with Gasteiger partial charge in [0.2, 0.25) is 0 Å². The number of nitrogens with two attached hydrogens (primary N) is 2. The molecule has 0 radical (unpaired) electrons. The molecule has 0 amide bonds. The number of carbonyl (C=O) groups excluding carboxylic acids is 1. The second kappa shape index (κ2) is 3.57. The maximum Gasteiger partial charge on any atom is 0.191 e. The lowest BCUT2D eigenvalue weighted by Crippen LogP contribution is -2.22. The van der Waals surface area contributed by atoms with E-state index in [9.17, 15) is 9.90 Å². The molecule has 0 bridgehead atoms. The summed E-state index contributed by atoms with van der Waals surface area (Å²) >= 11 is 0. The molecule has 1 aromatic rings. The van der Waals surface area contributed by atoms with Crippen LogP contribution in [0.2, 0.25) is 0 Å². The zero-order valence-corrected chi connectivity index (χ0v) is 6.73. The Hall–Kier alpha value is -2.04. The Labute approximate surface area is 74.7 Å². The molecule has 68 valence electrons. The Balaban J connectivity index is 2.94. The highest BCUT2D eigenvalue weighted by Crippen LogP contribution is 2.11. The largest absolute Gasteiger partial charge is 0.545 e. The predicted molar refractivity (Wildman–Crippen MR) is 46.2 cm³/mol. The Morgan fingerprint density at radius 1 is 1.23 bits per heavy atom. The minimum atomic E-state index is -1.23. The van der Waals surface area contributed by atoms with E-state index in [0.717, 1.165) is 0 Å². The molecule has 0 unspecified atom stereocenters. The summed E-state index contributed by atoms with van der Waals surface area (Å²) < 4.78 is 0. The molecule has 0 spiro atoms. The predicted octanol–water partition coefficient (Wildman–Crippen LogP) is -1.04. The van der Waals surface area contributed by atoms with Crippen molar-refractivity contribution in [2.75, 3.05) is 0 Å². The third-order valence-electron chi connectivity index (χ3n) is 1.36. The van der Waals surface area contributed by atoms with Gasteiger partial charge in [-0.25, -0.2) is 4.99 Å². The van der Waals surface area contributed by atoms with Crippen molar-refractivity contribution in [3.05, 3.63) is 29.8 Å². The molecular weight excluding hydrogens is 170 g/mol. The summed E-state index contributed by atoms with van der Waals surface area (Å²) in [5, 5.41) is 10.3. The second-order valence-electron chi connectivity index (χ2n) is 2.37. The Morgan fingerprint density at radius 3 is 2.15 bits per heavy atom. The van der Waals surface area contributed by atoms with Crippen LogP contribution in [0.5, 0.6) is 0 Å². The van der Waals surface area contributed by atoms with Crippen LogP contribution in [0.4, 0.5) is 5.69 Å². The molecule has 1 aromatic carbocycles. The molecular formula is C8H8N3O2-. The number of rotatable bonds is 2. The number of benzene rings is 1. The summed E-state index contributed by atoms with van der Waals surface area (Å²) in [7, 11) is 0. The van der Waals surface area contributed by atoms with Crippen molar-refractivity contribution in [1.29, 1.82) is 0 Å². The van der Waals surface area contributed by atoms with Crippen LogP contribution in [0, 0.1) is 0 Å². The molecule has 5 heteroatoms. The maximum atomic E-state index is 10.3. The Bertz CT molecular complexity index is 339. The van der Waals surface area contributed by atoms with Gasteiger partial charge in [0.1, 0.15) is 0 Å². The molecule has 0 saturated carbocycles.